The maximum atomic E-state index is 5.76. The van der Waals surface area contributed by atoms with Crippen LogP contribution in [0.25, 0.3) is 11.0 Å². The van der Waals surface area contributed by atoms with Crippen LogP contribution in [-0.4, -0.2) is 16.6 Å². The average Bonchev–Trinajstić information content (AvgIpc) is 2.79. The number of aromatic amines is 1. The molecule has 1 aromatic carbocycles. The van der Waals surface area contributed by atoms with Crippen LogP contribution in [-0.2, 0) is 0 Å². The summed E-state index contributed by atoms with van der Waals surface area (Å²) in [5.74, 6) is 0.692. The van der Waals surface area contributed by atoms with Crippen LogP contribution in [0.3, 0.4) is 0 Å². The van der Waals surface area contributed by atoms with E-state index in [9.17, 15) is 0 Å². The summed E-state index contributed by atoms with van der Waals surface area (Å²) in [5.41, 5.74) is 8.32. The van der Waals surface area contributed by atoms with Crippen molar-refractivity contribution >= 4 is 16.7 Å². The second-order valence-corrected chi connectivity index (χ2v) is 5.13. The molecule has 18 heavy (non-hydrogen) atoms. The number of fused-ring (bicyclic) bond motifs is 1. The van der Waals surface area contributed by atoms with E-state index in [0.717, 1.165) is 23.3 Å². The first-order valence-electron chi connectivity index (χ1n) is 6.69. The summed E-state index contributed by atoms with van der Waals surface area (Å²) in [7, 11) is 0. The molecule has 0 bridgehead atoms. The van der Waals surface area contributed by atoms with Crippen LogP contribution in [0.1, 0.15) is 32.1 Å². The number of H-pyrrole nitrogens is 1. The van der Waals surface area contributed by atoms with E-state index in [1.165, 1.54) is 32.1 Å². The Hall–Kier alpha value is -1.71. The molecule has 4 nitrogen and oxygen atoms in total. The summed E-state index contributed by atoms with van der Waals surface area (Å²) in [6, 6.07) is 6.26. The van der Waals surface area contributed by atoms with Gasteiger partial charge in [0.05, 0.1) is 17.6 Å². The predicted molar refractivity (Wildman–Crippen MR) is 72.6 cm³/mol. The number of nitrogens with zero attached hydrogens (tertiary/aromatic N) is 1. The van der Waals surface area contributed by atoms with E-state index in [1.807, 2.05) is 18.2 Å². The van der Waals surface area contributed by atoms with Gasteiger partial charge < -0.3 is 15.5 Å². The largest absolute Gasteiger partial charge is 0.465 e. The number of ether oxygens (including phenoxy) is 1. The van der Waals surface area contributed by atoms with E-state index in [-0.39, 0.29) is 0 Å². The van der Waals surface area contributed by atoms with Gasteiger partial charge in [-0.05, 0) is 37.0 Å². The van der Waals surface area contributed by atoms with Crippen LogP contribution in [0.15, 0.2) is 18.2 Å². The molecule has 4 heteroatoms. The zero-order chi connectivity index (χ0) is 12.4. The fraction of sp³-hybridized carbons (Fsp3) is 0.500. The topological polar surface area (TPSA) is 63.9 Å². The molecule has 0 amide bonds. The number of hydrogen-bond donors (Lipinski definition) is 2. The van der Waals surface area contributed by atoms with Gasteiger partial charge in [-0.2, -0.15) is 4.98 Å². The van der Waals surface area contributed by atoms with Crippen molar-refractivity contribution in [3.8, 4) is 6.01 Å². The van der Waals surface area contributed by atoms with Crippen molar-refractivity contribution in [2.24, 2.45) is 5.92 Å². The third-order valence-electron chi connectivity index (χ3n) is 3.66. The van der Waals surface area contributed by atoms with Gasteiger partial charge in [0.25, 0.3) is 6.01 Å². The van der Waals surface area contributed by atoms with Crippen molar-refractivity contribution in [3.05, 3.63) is 18.2 Å². The molecule has 0 spiro atoms. The minimum atomic E-state index is 0.612. The summed E-state index contributed by atoms with van der Waals surface area (Å²) in [6.45, 7) is 0.773. The fourth-order valence-electron chi connectivity index (χ4n) is 2.62. The van der Waals surface area contributed by atoms with E-state index in [4.69, 9.17) is 10.5 Å². The van der Waals surface area contributed by atoms with E-state index < -0.39 is 0 Å². The molecular formula is C14H19N3O. The lowest BCUT2D eigenvalue weighted by molar-refractivity contribution is 0.198. The normalized spacial score (nSPS) is 17.1. The van der Waals surface area contributed by atoms with Crippen molar-refractivity contribution in [2.45, 2.75) is 32.1 Å². The van der Waals surface area contributed by atoms with Crippen LogP contribution in [0.4, 0.5) is 5.69 Å². The van der Waals surface area contributed by atoms with E-state index in [1.54, 1.807) is 0 Å². The molecule has 3 N–H and O–H groups in total. The highest BCUT2D eigenvalue weighted by Crippen LogP contribution is 2.25. The Morgan fingerprint density at radius 1 is 1.28 bits per heavy atom. The van der Waals surface area contributed by atoms with Gasteiger partial charge in [-0.3, -0.25) is 0 Å². The molecule has 1 aliphatic carbocycles. The van der Waals surface area contributed by atoms with Crippen LogP contribution in [0.5, 0.6) is 6.01 Å². The average molecular weight is 245 g/mol. The monoisotopic (exact) mass is 245 g/mol. The molecule has 3 rings (SSSR count). The molecule has 0 saturated heterocycles. The predicted octanol–water partition coefficient (Wildman–Crippen LogP) is 3.10. The van der Waals surface area contributed by atoms with Gasteiger partial charge in [0, 0.05) is 5.69 Å². The molecule has 1 aromatic heterocycles. The molecule has 96 valence electrons. The van der Waals surface area contributed by atoms with Crippen LogP contribution >= 0.6 is 0 Å². The third-order valence-corrected chi connectivity index (χ3v) is 3.66. The number of nitrogens with two attached hydrogens (primary N) is 1. The van der Waals surface area contributed by atoms with E-state index in [2.05, 4.69) is 9.97 Å². The van der Waals surface area contributed by atoms with Gasteiger partial charge in [-0.25, -0.2) is 0 Å². The van der Waals surface area contributed by atoms with Gasteiger partial charge in [0.2, 0.25) is 0 Å². The standard InChI is InChI=1S/C14H19N3O/c15-11-6-7-12-13(8-11)17-14(16-12)18-9-10-4-2-1-3-5-10/h6-8,10H,1-5,9,15H2,(H,16,17). The summed E-state index contributed by atoms with van der Waals surface area (Å²) in [5, 5.41) is 0. The van der Waals surface area contributed by atoms with Crippen LogP contribution in [0.2, 0.25) is 0 Å². The minimum Gasteiger partial charge on any atom is -0.465 e. The third kappa shape index (κ3) is 2.42. The van der Waals surface area contributed by atoms with Crippen molar-refractivity contribution in [1.29, 1.82) is 0 Å². The molecule has 0 aliphatic heterocycles. The number of hydrogen-bond acceptors (Lipinski definition) is 3. The molecule has 0 unspecified atom stereocenters. The Balaban J connectivity index is 1.67. The number of benzene rings is 1. The number of rotatable bonds is 3. The smallest absolute Gasteiger partial charge is 0.294 e. The van der Waals surface area contributed by atoms with E-state index in [0.29, 0.717) is 11.9 Å². The Morgan fingerprint density at radius 2 is 2.11 bits per heavy atom. The van der Waals surface area contributed by atoms with Crippen LogP contribution < -0.4 is 10.5 Å². The van der Waals surface area contributed by atoms with E-state index >= 15 is 0 Å². The molecule has 0 radical (unpaired) electrons. The summed E-state index contributed by atoms with van der Waals surface area (Å²) in [4.78, 5) is 7.57. The molecule has 1 heterocycles. The summed E-state index contributed by atoms with van der Waals surface area (Å²) < 4.78 is 5.76. The first kappa shape index (κ1) is 11.4. The second kappa shape index (κ2) is 4.88. The van der Waals surface area contributed by atoms with Gasteiger partial charge in [-0.15, -0.1) is 0 Å². The molecule has 1 fully saturated rings. The maximum absolute atomic E-state index is 5.76. The highest BCUT2D eigenvalue weighted by Gasteiger charge is 2.14. The van der Waals surface area contributed by atoms with Crippen LogP contribution in [0, 0.1) is 5.92 Å². The van der Waals surface area contributed by atoms with Gasteiger partial charge >= 0.3 is 0 Å². The molecule has 1 saturated carbocycles. The maximum Gasteiger partial charge on any atom is 0.294 e. The number of imidazole rings is 1. The summed E-state index contributed by atoms with van der Waals surface area (Å²) in [6.07, 6.45) is 6.62. The lowest BCUT2D eigenvalue weighted by atomic mass is 9.90. The number of nitrogens with one attached hydrogen (secondary N) is 1. The SMILES string of the molecule is Nc1ccc2nc(OCC3CCCCC3)[nH]c2c1. The highest BCUT2D eigenvalue weighted by molar-refractivity contribution is 5.79. The number of anilines is 1. The van der Waals surface area contributed by atoms with Gasteiger partial charge in [0.1, 0.15) is 0 Å². The summed E-state index contributed by atoms with van der Waals surface area (Å²) >= 11 is 0. The minimum absolute atomic E-state index is 0.612. The van der Waals surface area contributed by atoms with Gasteiger partial charge in [-0.1, -0.05) is 19.3 Å². The number of nitrogen functional groups attached to an aromatic ring is 1. The fourth-order valence-corrected chi connectivity index (χ4v) is 2.62. The Labute approximate surface area is 107 Å². The van der Waals surface area contributed by atoms with Crippen molar-refractivity contribution in [1.82, 2.24) is 9.97 Å². The zero-order valence-electron chi connectivity index (χ0n) is 10.5. The Kier molecular flexibility index (Phi) is 3.09. The first-order valence-corrected chi connectivity index (χ1v) is 6.69. The van der Waals surface area contributed by atoms with Crippen molar-refractivity contribution in [2.75, 3.05) is 12.3 Å². The van der Waals surface area contributed by atoms with Crippen molar-refractivity contribution < 1.29 is 4.74 Å². The highest BCUT2D eigenvalue weighted by atomic mass is 16.5. The Morgan fingerprint density at radius 3 is 2.94 bits per heavy atom. The molecule has 0 atom stereocenters. The molecular weight excluding hydrogens is 226 g/mol. The lowest BCUT2D eigenvalue weighted by Crippen LogP contribution is -2.15. The molecule has 2 aromatic rings. The number of aromatic nitrogens is 2. The van der Waals surface area contributed by atoms with Crippen molar-refractivity contribution in [3.63, 3.8) is 0 Å². The lowest BCUT2D eigenvalue weighted by Gasteiger charge is -2.20. The zero-order valence-corrected chi connectivity index (χ0v) is 10.5. The quantitative estimate of drug-likeness (QED) is 0.817. The van der Waals surface area contributed by atoms with Gasteiger partial charge in [0.15, 0.2) is 0 Å². The molecule has 1 aliphatic rings. The first-order chi connectivity index (χ1) is 8.81. The Bertz CT molecular complexity index is 529. The second-order valence-electron chi connectivity index (χ2n) is 5.13.